The number of likely N-dealkylation sites (tertiary alicyclic amines) is 1. The van der Waals surface area contributed by atoms with E-state index in [4.69, 9.17) is 4.42 Å². The smallest absolute Gasteiger partial charge is 0.289 e. The Labute approximate surface area is 118 Å². The molecule has 1 fully saturated rings. The highest BCUT2D eigenvalue weighted by molar-refractivity contribution is 5.91. The molecule has 0 N–H and O–H groups in total. The summed E-state index contributed by atoms with van der Waals surface area (Å²) in [5, 5.41) is 0. The first kappa shape index (κ1) is 13.0. The second-order valence-corrected chi connectivity index (χ2v) is 5.44. The van der Waals surface area contributed by atoms with Crippen LogP contribution in [-0.2, 0) is 6.54 Å². The molecule has 1 aliphatic heterocycles. The van der Waals surface area contributed by atoms with Gasteiger partial charge in [-0.25, -0.2) is 4.98 Å². The van der Waals surface area contributed by atoms with Crippen molar-refractivity contribution in [2.75, 3.05) is 13.1 Å². The molecule has 1 saturated heterocycles. The zero-order valence-corrected chi connectivity index (χ0v) is 11.9. The minimum absolute atomic E-state index is 0.00317. The molecule has 2 aromatic heterocycles. The number of amides is 1. The van der Waals surface area contributed by atoms with Crippen LogP contribution in [0.2, 0.25) is 0 Å². The summed E-state index contributed by atoms with van der Waals surface area (Å²) >= 11 is 0. The van der Waals surface area contributed by atoms with Crippen LogP contribution < -0.4 is 0 Å². The van der Waals surface area contributed by atoms with Gasteiger partial charge in [0.05, 0.1) is 6.26 Å². The summed E-state index contributed by atoms with van der Waals surface area (Å²) in [4.78, 5) is 18.4. The molecule has 1 atom stereocenters. The van der Waals surface area contributed by atoms with E-state index in [0.29, 0.717) is 11.7 Å². The Morgan fingerprint density at radius 1 is 1.50 bits per heavy atom. The van der Waals surface area contributed by atoms with Gasteiger partial charge in [-0.2, -0.15) is 0 Å². The molecule has 1 amide bonds. The topological polar surface area (TPSA) is 51.3 Å². The normalized spacial score (nSPS) is 18.7. The summed E-state index contributed by atoms with van der Waals surface area (Å²) in [5.74, 6) is 1.95. The van der Waals surface area contributed by atoms with Crippen LogP contribution in [0.4, 0.5) is 0 Å². The Kier molecular flexibility index (Phi) is 3.34. The number of aromatic nitrogens is 2. The fourth-order valence-corrected chi connectivity index (χ4v) is 2.84. The van der Waals surface area contributed by atoms with Crippen molar-refractivity contribution in [3.8, 4) is 0 Å². The Hall–Kier alpha value is -2.04. The summed E-state index contributed by atoms with van der Waals surface area (Å²) in [5.41, 5.74) is 1.18. The molecule has 0 aliphatic carbocycles. The third-order valence-electron chi connectivity index (χ3n) is 4.00. The van der Waals surface area contributed by atoms with Gasteiger partial charge in [0.25, 0.3) is 5.91 Å². The van der Waals surface area contributed by atoms with Crippen molar-refractivity contribution in [1.29, 1.82) is 0 Å². The maximum atomic E-state index is 12.2. The molecule has 5 nitrogen and oxygen atoms in total. The lowest BCUT2D eigenvalue weighted by Gasteiger charge is -2.16. The van der Waals surface area contributed by atoms with Crippen LogP contribution in [-0.4, -0.2) is 33.4 Å². The van der Waals surface area contributed by atoms with Crippen molar-refractivity contribution in [1.82, 2.24) is 14.5 Å². The van der Waals surface area contributed by atoms with Gasteiger partial charge in [-0.3, -0.25) is 4.79 Å². The first-order valence-corrected chi connectivity index (χ1v) is 6.96. The summed E-state index contributed by atoms with van der Waals surface area (Å²) in [6, 6.07) is 3.47. The third-order valence-corrected chi connectivity index (χ3v) is 4.00. The van der Waals surface area contributed by atoms with E-state index in [1.807, 2.05) is 18.0 Å². The van der Waals surface area contributed by atoms with Gasteiger partial charge in [-0.05, 0) is 38.3 Å². The van der Waals surface area contributed by atoms with E-state index in [2.05, 4.69) is 16.5 Å². The van der Waals surface area contributed by atoms with Crippen LogP contribution in [0.3, 0.4) is 0 Å². The number of carbonyl (C=O) groups excluding carboxylic acids is 1. The minimum atomic E-state index is -0.00317. The number of carbonyl (C=O) groups is 1. The fourth-order valence-electron chi connectivity index (χ4n) is 2.84. The van der Waals surface area contributed by atoms with Gasteiger partial charge in [-0.1, -0.05) is 0 Å². The Morgan fingerprint density at radius 2 is 2.35 bits per heavy atom. The second-order valence-electron chi connectivity index (χ2n) is 5.44. The number of rotatable bonds is 3. The van der Waals surface area contributed by atoms with Crippen LogP contribution in [0, 0.1) is 19.8 Å². The maximum Gasteiger partial charge on any atom is 0.289 e. The van der Waals surface area contributed by atoms with E-state index in [9.17, 15) is 4.79 Å². The lowest BCUT2D eigenvalue weighted by Crippen LogP contribution is -2.29. The SMILES string of the molecule is Cc1cnc(C)n1CC1CCN(C(=O)c2ccco2)C1. The highest BCUT2D eigenvalue weighted by Crippen LogP contribution is 2.21. The highest BCUT2D eigenvalue weighted by atomic mass is 16.3. The van der Waals surface area contributed by atoms with E-state index in [1.165, 1.54) is 5.69 Å². The summed E-state index contributed by atoms with van der Waals surface area (Å²) in [7, 11) is 0. The lowest BCUT2D eigenvalue weighted by atomic mass is 10.1. The molecule has 1 aliphatic rings. The van der Waals surface area contributed by atoms with E-state index in [-0.39, 0.29) is 5.91 Å². The molecule has 0 spiro atoms. The molecule has 106 valence electrons. The molecule has 5 heteroatoms. The van der Waals surface area contributed by atoms with Crippen molar-refractivity contribution in [2.45, 2.75) is 26.8 Å². The molecule has 0 radical (unpaired) electrons. The van der Waals surface area contributed by atoms with E-state index < -0.39 is 0 Å². The largest absolute Gasteiger partial charge is 0.459 e. The molecule has 20 heavy (non-hydrogen) atoms. The van der Waals surface area contributed by atoms with Crippen molar-refractivity contribution in [3.05, 3.63) is 41.9 Å². The predicted octanol–water partition coefficient (Wildman–Crippen LogP) is 2.26. The molecular weight excluding hydrogens is 254 g/mol. The number of hydrogen-bond donors (Lipinski definition) is 0. The van der Waals surface area contributed by atoms with Gasteiger partial charge >= 0.3 is 0 Å². The summed E-state index contributed by atoms with van der Waals surface area (Å²) in [6.45, 7) is 6.61. The predicted molar refractivity (Wildman–Crippen MR) is 74.4 cm³/mol. The molecule has 1 unspecified atom stereocenters. The monoisotopic (exact) mass is 273 g/mol. The molecule has 2 aromatic rings. The first-order valence-electron chi connectivity index (χ1n) is 6.96. The summed E-state index contributed by atoms with van der Waals surface area (Å²) < 4.78 is 7.41. The summed E-state index contributed by atoms with van der Waals surface area (Å²) in [6.07, 6.45) is 4.47. The van der Waals surface area contributed by atoms with Gasteiger partial charge in [0.1, 0.15) is 5.82 Å². The van der Waals surface area contributed by atoms with Gasteiger partial charge < -0.3 is 13.9 Å². The number of hydrogen-bond acceptors (Lipinski definition) is 3. The first-order chi connectivity index (χ1) is 9.65. The maximum absolute atomic E-state index is 12.2. The minimum Gasteiger partial charge on any atom is -0.459 e. The third kappa shape index (κ3) is 2.35. The van der Waals surface area contributed by atoms with Crippen LogP contribution in [0.1, 0.15) is 28.5 Å². The van der Waals surface area contributed by atoms with Crippen molar-refractivity contribution >= 4 is 5.91 Å². The van der Waals surface area contributed by atoms with Crippen molar-refractivity contribution in [2.24, 2.45) is 5.92 Å². The van der Waals surface area contributed by atoms with Crippen LogP contribution in [0.5, 0.6) is 0 Å². The number of imidazole rings is 1. The van der Waals surface area contributed by atoms with Gasteiger partial charge in [0.2, 0.25) is 0 Å². The molecule has 0 bridgehead atoms. The fraction of sp³-hybridized carbons (Fsp3) is 0.467. The van der Waals surface area contributed by atoms with Gasteiger partial charge in [-0.15, -0.1) is 0 Å². The van der Waals surface area contributed by atoms with Crippen LogP contribution >= 0.6 is 0 Å². The number of aryl methyl sites for hydroxylation is 2. The van der Waals surface area contributed by atoms with E-state index in [0.717, 1.165) is 31.9 Å². The van der Waals surface area contributed by atoms with Crippen molar-refractivity contribution < 1.29 is 9.21 Å². The van der Waals surface area contributed by atoms with Gasteiger partial charge in [0, 0.05) is 31.5 Å². The van der Waals surface area contributed by atoms with Crippen molar-refractivity contribution in [3.63, 3.8) is 0 Å². The lowest BCUT2D eigenvalue weighted by molar-refractivity contribution is 0.0754. The average molecular weight is 273 g/mol. The second kappa shape index (κ2) is 5.15. The highest BCUT2D eigenvalue weighted by Gasteiger charge is 2.28. The standard InChI is InChI=1S/C15H19N3O2/c1-11-8-16-12(2)18(11)10-13-5-6-17(9-13)15(19)14-4-3-7-20-14/h3-4,7-8,13H,5-6,9-10H2,1-2H3. The molecular formula is C15H19N3O2. The Morgan fingerprint density at radius 3 is 3.00 bits per heavy atom. The molecule has 3 rings (SSSR count). The molecule has 0 saturated carbocycles. The Balaban J connectivity index is 1.64. The van der Waals surface area contributed by atoms with Gasteiger partial charge in [0.15, 0.2) is 5.76 Å². The number of furan rings is 1. The quantitative estimate of drug-likeness (QED) is 0.862. The van der Waals surface area contributed by atoms with E-state index in [1.54, 1.807) is 18.4 Å². The average Bonchev–Trinajstić information content (AvgIpc) is 3.15. The van der Waals surface area contributed by atoms with Crippen LogP contribution in [0.15, 0.2) is 29.0 Å². The number of nitrogens with zero attached hydrogens (tertiary/aromatic N) is 3. The Bertz CT molecular complexity index is 581. The molecule has 3 heterocycles. The van der Waals surface area contributed by atoms with E-state index >= 15 is 0 Å². The molecule has 0 aromatic carbocycles. The zero-order valence-electron chi connectivity index (χ0n) is 11.9. The zero-order chi connectivity index (χ0) is 14.1. The van der Waals surface area contributed by atoms with Crippen LogP contribution in [0.25, 0.3) is 0 Å².